The Morgan fingerprint density at radius 1 is 1.75 bits per heavy atom. The van der Waals surface area contributed by atoms with Gasteiger partial charge >= 0.3 is 0 Å². The summed E-state index contributed by atoms with van der Waals surface area (Å²) < 4.78 is 0. The summed E-state index contributed by atoms with van der Waals surface area (Å²) in [7, 11) is 0. The van der Waals surface area contributed by atoms with E-state index in [2.05, 4.69) is 21.8 Å². The van der Waals surface area contributed by atoms with Crippen molar-refractivity contribution in [2.45, 2.75) is 25.5 Å². The van der Waals surface area contributed by atoms with E-state index in [0.717, 1.165) is 19.5 Å². The maximum absolute atomic E-state index is 9.50. The first-order chi connectivity index (χ1) is 5.77. The fourth-order valence-electron chi connectivity index (χ4n) is 1.47. The summed E-state index contributed by atoms with van der Waals surface area (Å²) in [5.74, 6) is 0. The van der Waals surface area contributed by atoms with Crippen LogP contribution in [-0.2, 0) is 0 Å². The van der Waals surface area contributed by atoms with Crippen LogP contribution >= 0.6 is 0 Å². The van der Waals surface area contributed by atoms with E-state index < -0.39 is 6.10 Å². The van der Waals surface area contributed by atoms with E-state index in [4.69, 9.17) is 5.53 Å². The molecule has 0 aromatic heterocycles. The minimum atomic E-state index is -0.491. The molecule has 0 bridgehead atoms. The molecule has 1 saturated heterocycles. The third-order valence-electron chi connectivity index (χ3n) is 2.28. The Morgan fingerprint density at radius 2 is 2.50 bits per heavy atom. The van der Waals surface area contributed by atoms with Gasteiger partial charge in [0.2, 0.25) is 0 Å². The number of likely N-dealkylation sites (N-methyl/N-ethyl adjacent to an activating group) is 1. The molecule has 0 aromatic carbocycles. The van der Waals surface area contributed by atoms with Gasteiger partial charge in [0, 0.05) is 11.5 Å². The van der Waals surface area contributed by atoms with E-state index in [0.29, 0.717) is 6.54 Å². The molecule has 0 saturated carbocycles. The minimum Gasteiger partial charge on any atom is -0.391 e. The van der Waals surface area contributed by atoms with Gasteiger partial charge in [0.25, 0.3) is 0 Å². The second-order valence-corrected chi connectivity index (χ2v) is 3.02. The fourth-order valence-corrected chi connectivity index (χ4v) is 1.47. The normalized spacial score (nSPS) is 31.2. The lowest BCUT2D eigenvalue weighted by molar-refractivity contribution is 0.0564. The Balaban J connectivity index is 2.47. The molecule has 0 aromatic rings. The molecule has 2 atom stereocenters. The van der Waals surface area contributed by atoms with Crippen LogP contribution in [0.5, 0.6) is 0 Å². The van der Waals surface area contributed by atoms with E-state index in [1.165, 1.54) is 0 Å². The van der Waals surface area contributed by atoms with E-state index in [1.807, 2.05) is 0 Å². The number of hydrogen-bond acceptors (Lipinski definition) is 3. The van der Waals surface area contributed by atoms with Crippen molar-refractivity contribution in [3.05, 3.63) is 10.4 Å². The molecule has 1 aliphatic rings. The Bertz CT molecular complexity index is 190. The van der Waals surface area contributed by atoms with Gasteiger partial charge in [-0.25, -0.2) is 0 Å². The summed E-state index contributed by atoms with van der Waals surface area (Å²) in [5, 5.41) is 13.0. The van der Waals surface area contributed by atoms with Gasteiger partial charge in [-0.05, 0) is 25.0 Å². The highest BCUT2D eigenvalue weighted by Gasteiger charge is 2.25. The molecule has 0 unspecified atom stereocenters. The summed E-state index contributed by atoms with van der Waals surface area (Å²) >= 11 is 0. The number of β-amino-alcohol motifs (C(OH)–C–C–N with tert-alkyl or cyclic N) is 1. The summed E-state index contributed by atoms with van der Waals surface area (Å²) in [5.41, 5.74) is 8.19. The minimum absolute atomic E-state index is 0.224. The molecule has 5 heteroatoms. The van der Waals surface area contributed by atoms with Gasteiger partial charge < -0.3 is 10.0 Å². The molecule has 1 fully saturated rings. The molecule has 0 amide bonds. The van der Waals surface area contributed by atoms with Crippen LogP contribution in [0.3, 0.4) is 0 Å². The molecular formula is C7H14N4O. The van der Waals surface area contributed by atoms with Crippen molar-refractivity contribution in [3.8, 4) is 0 Å². The first-order valence-corrected chi connectivity index (χ1v) is 4.22. The quantitative estimate of drug-likeness (QED) is 0.377. The van der Waals surface area contributed by atoms with Crippen LogP contribution in [0.4, 0.5) is 0 Å². The number of nitrogens with zero attached hydrogens (tertiary/aromatic N) is 4. The maximum atomic E-state index is 9.50. The molecule has 0 aliphatic carbocycles. The first-order valence-electron chi connectivity index (χ1n) is 4.22. The smallest absolute Gasteiger partial charge is 0.0752 e. The molecule has 5 nitrogen and oxygen atoms in total. The summed E-state index contributed by atoms with van der Waals surface area (Å²) in [6.07, 6.45) is 0.272. The van der Waals surface area contributed by atoms with Gasteiger partial charge in [-0.15, -0.1) is 0 Å². The summed E-state index contributed by atoms with van der Waals surface area (Å²) in [4.78, 5) is 4.85. The van der Waals surface area contributed by atoms with Crippen molar-refractivity contribution < 1.29 is 5.11 Å². The molecule has 1 heterocycles. The number of piperidine rings is 1. The maximum Gasteiger partial charge on any atom is 0.0752 e. The Hall–Kier alpha value is -0.770. The predicted molar refractivity (Wildman–Crippen MR) is 45.7 cm³/mol. The van der Waals surface area contributed by atoms with E-state index in [-0.39, 0.29) is 6.04 Å². The molecule has 1 rings (SSSR count). The highest BCUT2D eigenvalue weighted by Crippen LogP contribution is 2.13. The highest BCUT2D eigenvalue weighted by atomic mass is 16.3. The van der Waals surface area contributed by atoms with Crippen LogP contribution in [0, 0.1) is 0 Å². The van der Waals surface area contributed by atoms with Gasteiger partial charge in [0.05, 0.1) is 12.1 Å². The Labute approximate surface area is 71.6 Å². The van der Waals surface area contributed by atoms with Gasteiger partial charge in [-0.3, -0.25) is 0 Å². The van der Waals surface area contributed by atoms with Crippen LogP contribution in [0.25, 0.3) is 10.4 Å². The van der Waals surface area contributed by atoms with Crippen LogP contribution in [0.15, 0.2) is 5.11 Å². The average Bonchev–Trinajstić information content (AvgIpc) is 2.09. The lowest BCUT2D eigenvalue weighted by Gasteiger charge is -2.32. The number of likely N-dealkylation sites (tertiary alicyclic amines) is 1. The summed E-state index contributed by atoms with van der Waals surface area (Å²) in [6.45, 7) is 4.54. The molecule has 1 N–H and O–H groups in total. The van der Waals surface area contributed by atoms with Crippen LogP contribution in [-0.4, -0.2) is 41.8 Å². The third kappa shape index (κ3) is 2.11. The van der Waals surface area contributed by atoms with Crippen molar-refractivity contribution in [2.75, 3.05) is 19.6 Å². The van der Waals surface area contributed by atoms with Crippen molar-refractivity contribution in [3.63, 3.8) is 0 Å². The van der Waals surface area contributed by atoms with Crippen LogP contribution in [0.2, 0.25) is 0 Å². The third-order valence-corrected chi connectivity index (χ3v) is 2.28. The standard InChI is InChI=1S/C7H14N4O/c1-2-11-4-3-6(9-10-8)7(12)5-11/h6-7,12H,2-5H2,1H3/t6-,7-/m1/s1. The topological polar surface area (TPSA) is 72.2 Å². The fraction of sp³-hybridized carbons (Fsp3) is 1.00. The zero-order valence-electron chi connectivity index (χ0n) is 7.22. The van der Waals surface area contributed by atoms with Crippen molar-refractivity contribution in [1.82, 2.24) is 4.90 Å². The molecule has 0 radical (unpaired) electrons. The van der Waals surface area contributed by atoms with Gasteiger partial charge in [-0.1, -0.05) is 12.0 Å². The number of aliphatic hydroxyl groups excluding tert-OH is 1. The van der Waals surface area contributed by atoms with E-state index in [9.17, 15) is 5.11 Å². The molecule has 1 aliphatic heterocycles. The summed E-state index contributed by atoms with van der Waals surface area (Å²) in [6, 6.07) is -0.224. The van der Waals surface area contributed by atoms with Gasteiger partial charge in [-0.2, -0.15) is 0 Å². The monoisotopic (exact) mass is 170 g/mol. The zero-order chi connectivity index (χ0) is 8.97. The second-order valence-electron chi connectivity index (χ2n) is 3.02. The molecule has 12 heavy (non-hydrogen) atoms. The van der Waals surface area contributed by atoms with Gasteiger partial charge in [0.1, 0.15) is 0 Å². The number of rotatable bonds is 2. The van der Waals surface area contributed by atoms with E-state index >= 15 is 0 Å². The number of aliphatic hydroxyl groups is 1. The predicted octanol–water partition coefficient (Wildman–Crippen LogP) is 0.752. The molecule has 0 spiro atoms. The average molecular weight is 170 g/mol. The number of azide groups is 1. The molecule has 68 valence electrons. The Morgan fingerprint density at radius 3 is 3.00 bits per heavy atom. The van der Waals surface area contributed by atoms with Crippen LogP contribution < -0.4 is 0 Å². The zero-order valence-corrected chi connectivity index (χ0v) is 7.22. The van der Waals surface area contributed by atoms with Crippen molar-refractivity contribution in [1.29, 1.82) is 0 Å². The van der Waals surface area contributed by atoms with Crippen molar-refractivity contribution in [2.24, 2.45) is 5.11 Å². The second kappa shape index (κ2) is 4.30. The lowest BCUT2D eigenvalue weighted by atomic mass is 10.0. The molecular weight excluding hydrogens is 156 g/mol. The van der Waals surface area contributed by atoms with E-state index in [1.54, 1.807) is 0 Å². The highest BCUT2D eigenvalue weighted by molar-refractivity contribution is 4.84. The van der Waals surface area contributed by atoms with Gasteiger partial charge in [0.15, 0.2) is 0 Å². The SMILES string of the molecule is CCN1CC[C@@H](N=[N+]=[N-])[C@H](O)C1. The Kier molecular flexibility index (Phi) is 3.34. The first kappa shape index (κ1) is 9.32. The number of hydrogen-bond donors (Lipinski definition) is 1. The van der Waals surface area contributed by atoms with Crippen LogP contribution in [0.1, 0.15) is 13.3 Å². The largest absolute Gasteiger partial charge is 0.391 e. The lowest BCUT2D eigenvalue weighted by Crippen LogP contribution is -2.45. The van der Waals surface area contributed by atoms with Crippen molar-refractivity contribution >= 4 is 0 Å².